The quantitative estimate of drug-likeness (QED) is 0.338. The molecule has 0 aromatic carbocycles. The van der Waals surface area contributed by atoms with Gasteiger partial charge in [-0.15, -0.1) is 0 Å². The van der Waals surface area contributed by atoms with Crippen molar-refractivity contribution in [2.45, 2.75) is 0 Å². The first-order valence-electron chi connectivity index (χ1n) is 2.16. The molecule has 0 aromatic heterocycles. The second-order valence-corrected chi connectivity index (χ2v) is 1.16. The number of aliphatic hydroxyl groups is 2. The van der Waals surface area contributed by atoms with E-state index in [-0.39, 0.29) is 0 Å². The molecule has 0 heterocycles. The first-order valence-corrected chi connectivity index (χ1v) is 2.16. The van der Waals surface area contributed by atoms with Crippen LogP contribution < -0.4 is 0 Å². The molecule has 0 aromatic rings. The Kier molecular flexibility index (Phi) is 3.57. The largest absolute Gasteiger partial charge is 0.390 e. The Morgan fingerprint density at radius 1 is 1.11 bits per heavy atom. The van der Waals surface area contributed by atoms with Gasteiger partial charge in [0.15, 0.2) is 0 Å². The number of carbonyl (C=O) groups is 2. The highest BCUT2D eigenvalue weighted by molar-refractivity contribution is 5.86. The van der Waals surface area contributed by atoms with Gasteiger partial charge in [-0.1, -0.05) is 0 Å². The lowest BCUT2D eigenvalue weighted by Gasteiger charge is -1.94. The van der Waals surface area contributed by atoms with E-state index in [1.807, 2.05) is 0 Å². The Hall–Kier alpha value is -0.940. The first kappa shape index (κ1) is 8.06. The van der Waals surface area contributed by atoms with Gasteiger partial charge in [0.2, 0.25) is 0 Å². The summed E-state index contributed by atoms with van der Waals surface area (Å²) in [4.78, 5) is 20.0. The molecule has 2 N–H and O–H groups in total. The molecule has 0 aliphatic rings. The van der Waals surface area contributed by atoms with E-state index < -0.39 is 25.2 Å². The number of carbonyl (C=O) groups excluding carboxylic acids is 2. The Morgan fingerprint density at radius 2 is 1.44 bits per heavy atom. The number of rotatable bonds is 2. The highest BCUT2D eigenvalue weighted by atomic mass is 16.6. The van der Waals surface area contributed by atoms with Gasteiger partial charge in [-0.2, -0.15) is 0 Å². The molecule has 9 heavy (non-hydrogen) atoms. The zero-order valence-electron chi connectivity index (χ0n) is 4.53. The molecule has 0 rings (SSSR count). The lowest BCUT2D eigenvalue weighted by molar-refractivity contribution is -0.163. The van der Waals surface area contributed by atoms with Gasteiger partial charge in [-0.05, 0) is 0 Å². The number of hydrogen-bond acceptors (Lipinski definition) is 5. The zero-order chi connectivity index (χ0) is 7.28. The molecule has 52 valence electrons. The number of esters is 2. The van der Waals surface area contributed by atoms with Gasteiger partial charge < -0.3 is 14.9 Å². The molecule has 5 nitrogen and oxygen atoms in total. The van der Waals surface area contributed by atoms with Crippen LogP contribution in [0.15, 0.2) is 0 Å². The van der Waals surface area contributed by atoms with Crippen molar-refractivity contribution in [2.24, 2.45) is 0 Å². The molecule has 0 fully saturated rings. The first-order chi connectivity index (χ1) is 4.20. The molecule has 0 atom stereocenters. The molecular weight excluding hydrogens is 128 g/mol. The van der Waals surface area contributed by atoms with Gasteiger partial charge in [0.05, 0.1) is 0 Å². The highest BCUT2D eigenvalue weighted by Crippen LogP contribution is 1.76. The smallest absolute Gasteiger partial charge is 0.339 e. The van der Waals surface area contributed by atoms with Crippen molar-refractivity contribution in [3.63, 3.8) is 0 Å². The van der Waals surface area contributed by atoms with Crippen LogP contribution in [-0.4, -0.2) is 35.4 Å². The number of hydrogen-bond donors (Lipinski definition) is 2. The molecule has 0 unspecified atom stereocenters. The van der Waals surface area contributed by atoms with Crippen LogP contribution in [-0.2, 0) is 14.3 Å². The molecule has 0 saturated heterocycles. The standard InChI is InChI=1S/C4H6O5/c5-1-3(7)9-4(8)2-6/h5-6H,1-2H2. The maximum atomic E-state index is 9.98. The van der Waals surface area contributed by atoms with Gasteiger partial charge in [0.25, 0.3) is 0 Å². The van der Waals surface area contributed by atoms with Gasteiger partial charge in [0, 0.05) is 0 Å². The van der Waals surface area contributed by atoms with E-state index in [0.717, 1.165) is 0 Å². The molecule has 0 spiro atoms. The third-order valence-electron chi connectivity index (χ3n) is 0.486. The van der Waals surface area contributed by atoms with Crippen molar-refractivity contribution in [1.82, 2.24) is 0 Å². The van der Waals surface area contributed by atoms with Crippen molar-refractivity contribution in [1.29, 1.82) is 0 Å². The number of ether oxygens (including phenoxy) is 1. The predicted octanol–water partition coefficient (Wildman–Crippen LogP) is -1.96. The summed E-state index contributed by atoms with van der Waals surface area (Å²) in [6, 6.07) is 0. The van der Waals surface area contributed by atoms with Crippen LogP contribution in [0.3, 0.4) is 0 Å². The van der Waals surface area contributed by atoms with E-state index in [4.69, 9.17) is 10.2 Å². The minimum absolute atomic E-state index is 0.855. The molecule has 5 heteroatoms. The van der Waals surface area contributed by atoms with Crippen LogP contribution in [0.25, 0.3) is 0 Å². The maximum absolute atomic E-state index is 9.98. The third-order valence-corrected chi connectivity index (χ3v) is 0.486. The molecule has 0 bridgehead atoms. The summed E-state index contributed by atoms with van der Waals surface area (Å²) in [5, 5.41) is 15.9. The molecule has 0 aliphatic heterocycles. The lowest BCUT2D eigenvalue weighted by atomic mass is 10.7. The average Bonchev–Trinajstić information content (AvgIpc) is 1.87. The maximum Gasteiger partial charge on any atom is 0.339 e. The Balaban J connectivity index is 3.47. The molecular formula is C4H6O5. The van der Waals surface area contributed by atoms with E-state index in [0.29, 0.717) is 0 Å². The van der Waals surface area contributed by atoms with Crippen molar-refractivity contribution in [2.75, 3.05) is 13.2 Å². The molecule has 0 amide bonds. The van der Waals surface area contributed by atoms with E-state index in [2.05, 4.69) is 4.74 Å². The normalized spacial score (nSPS) is 8.67. The minimum Gasteiger partial charge on any atom is -0.390 e. The summed E-state index contributed by atoms with van der Waals surface area (Å²) in [5.74, 6) is -2.12. The van der Waals surface area contributed by atoms with E-state index in [1.165, 1.54) is 0 Å². The van der Waals surface area contributed by atoms with Crippen molar-refractivity contribution < 1.29 is 24.5 Å². The fourth-order valence-corrected chi connectivity index (χ4v) is 0.192. The summed E-state index contributed by atoms with van der Waals surface area (Å²) in [6.45, 7) is -1.71. The highest BCUT2D eigenvalue weighted by Gasteiger charge is 2.05. The van der Waals surface area contributed by atoms with E-state index in [1.54, 1.807) is 0 Å². The van der Waals surface area contributed by atoms with Crippen molar-refractivity contribution in [3.05, 3.63) is 0 Å². The van der Waals surface area contributed by atoms with E-state index >= 15 is 0 Å². The Morgan fingerprint density at radius 3 is 1.67 bits per heavy atom. The SMILES string of the molecule is O=C(CO)OC(=O)CO. The van der Waals surface area contributed by atoms with Crippen LogP contribution in [0.1, 0.15) is 0 Å². The fourth-order valence-electron chi connectivity index (χ4n) is 0.192. The fraction of sp³-hybridized carbons (Fsp3) is 0.500. The summed E-state index contributed by atoms with van der Waals surface area (Å²) in [6.07, 6.45) is 0. The average molecular weight is 134 g/mol. The minimum atomic E-state index is -1.06. The van der Waals surface area contributed by atoms with Crippen LogP contribution >= 0.6 is 0 Å². The zero-order valence-corrected chi connectivity index (χ0v) is 4.53. The molecule has 0 aliphatic carbocycles. The summed E-state index contributed by atoms with van der Waals surface area (Å²) >= 11 is 0. The van der Waals surface area contributed by atoms with Crippen LogP contribution in [0.2, 0.25) is 0 Å². The monoisotopic (exact) mass is 134 g/mol. The number of aliphatic hydroxyl groups excluding tert-OH is 2. The van der Waals surface area contributed by atoms with Gasteiger partial charge in [0.1, 0.15) is 13.2 Å². The summed E-state index contributed by atoms with van der Waals surface area (Å²) < 4.78 is 3.77. The van der Waals surface area contributed by atoms with Crippen LogP contribution in [0, 0.1) is 0 Å². The Bertz CT molecular complexity index is 104. The Labute approximate surface area is 50.9 Å². The van der Waals surface area contributed by atoms with Gasteiger partial charge >= 0.3 is 11.9 Å². The second-order valence-electron chi connectivity index (χ2n) is 1.16. The summed E-state index contributed by atoms with van der Waals surface area (Å²) in [5.41, 5.74) is 0. The summed E-state index contributed by atoms with van der Waals surface area (Å²) in [7, 11) is 0. The van der Waals surface area contributed by atoms with E-state index in [9.17, 15) is 9.59 Å². The van der Waals surface area contributed by atoms with Crippen LogP contribution in [0.5, 0.6) is 0 Å². The van der Waals surface area contributed by atoms with Gasteiger partial charge in [-0.25, -0.2) is 9.59 Å². The van der Waals surface area contributed by atoms with Gasteiger partial charge in [-0.3, -0.25) is 0 Å². The predicted molar refractivity (Wildman–Crippen MR) is 25.3 cm³/mol. The molecule has 0 saturated carbocycles. The third kappa shape index (κ3) is 3.63. The second kappa shape index (κ2) is 3.99. The van der Waals surface area contributed by atoms with Crippen LogP contribution in [0.4, 0.5) is 0 Å². The lowest BCUT2D eigenvalue weighted by Crippen LogP contribution is -2.17. The van der Waals surface area contributed by atoms with Crippen molar-refractivity contribution in [3.8, 4) is 0 Å². The topological polar surface area (TPSA) is 83.8 Å². The van der Waals surface area contributed by atoms with Crippen molar-refractivity contribution >= 4 is 11.9 Å². The molecule has 0 radical (unpaired) electrons.